The molecule has 0 amide bonds. The van der Waals surface area contributed by atoms with Gasteiger partial charge in [0, 0.05) is 18.7 Å². The molecule has 3 nitrogen and oxygen atoms in total. The minimum Gasteiger partial charge on any atom is -0.356 e. The molecule has 4 heteroatoms. The third kappa shape index (κ3) is 2.71. The zero-order valence-electron chi connectivity index (χ0n) is 11.0. The first kappa shape index (κ1) is 12.6. The number of hydrogen-bond acceptors (Lipinski definition) is 3. The molecule has 1 aliphatic heterocycles. The van der Waals surface area contributed by atoms with Gasteiger partial charge >= 0.3 is 0 Å². The van der Waals surface area contributed by atoms with Crippen molar-refractivity contribution >= 4 is 17.4 Å². The van der Waals surface area contributed by atoms with Gasteiger partial charge in [0.25, 0.3) is 0 Å². The van der Waals surface area contributed by atoms with Crippen LogP contribution in [-0.2, 0) is 0 Å². The van der Waals surface area contributed by atoms with Crippen LogP contribution >= 0.6 is 11.6 Å². The Morgan fingerprint density at radius 3 is 2.59 bits per heavy atom. The maximum absolute atomic E-state index is 6.13. The molecule has 1 fully saturated rings. The SMILES string of the molecule is Cc1nc(Cl)c(C)c(N2CCCC(C)(C)C2)n1. The van der Waals surface area contributed by atoms with Crippen LogP contribution in [0.4, 0.5) is 5.82 Å². The Bertz CT molecular complexity index is 429. The van der Waals surface area contributed by atoms with E-state index in [1.807, 2.05) is 13.8 Å². The van der Waals surface area contributed by atoms with E-state index in [0.717, 1.165) is 30.3 Å². The van der Waals surface area contributed by atoms with Gasteiger partial charge in [-0.1, -0.05) is 25.4 Å². The van der Waals surface area contributed by atoms with Gasteiger partial charge in [0.05, 0.1) is 0 Å². The van der Waals surface area contributed by atoms with E-state index in [2.05, 4.69) is 28.7 Å². The molecule has 0 unspecified atom stereocenters. The zero-order valence-corrected chi connectivity index (χ0v) is 11.8. The molecule has 0 atom stereocenters. The minimum atomic E-state index is 0.357. The summed E-state index contributed by atoms with van der Waals surface area (Å²) in [7, 11) is 0. The number of nitrogens with zero attached hydrogens (tertiary/aromatic N) is 3. The maximum Gasteiger partial charge on any atom is 0.137 e. The molecule has 1 saturated heterocycles. The lowest BCUT2D eigenvalue weighted by Crippen LogP contribution is -2.41. The van der Waals surface area contributed by atoms with Crippen LogP contribution in [0.5, 0.6) is 0 Å². The van der Waals surface area contributed by atoms with Gasteiger partial charge in [0.1, 0.15) is 16.8 Å². The predicted molar refractivity (Wildman–Crippen MR) is 71.7 cm³/mol. The molecule has 2 rings (SSSR count). The van der Waals surface area contributed by atoms with Crippen molar-refractivity contribution in [1.29, 1.82) is 0 Å². The fourth-order valence-corrected chi connectivity index (χ4v) is 2.70. The second-order valence-electron chi connectivity index (χ2n) is 5.70. The second-order valence-corrected chi connectivity index (χ2v) is 6.06. The van der Waals surface area contributed by atoms with Gasteiger partial charge in [0.2, 0.25) is 0 Å². The fraction of sp³-hybridized carbons (Fsp3) is 0.692. The van der Waals surface area contributed by atoms with Crippen LogP contribution in [0.2, 0.25) is 5.15 Å². The summed E-state index contributed by atoms with van der Waals surface area (Å²) in [6.07, 6.45) is 2.49. The average Bonchev–Trinajstić information content (AvgIpc) is 2.22. The number of hydrogen-bond donors (Lipinski definition) is 0. The van der Waals surface area contributed by atoms with E-state index in [4.69, 9.17) is 11.6 Å². The number of piperidine rings is 1. The predicted octanol–water partition coefficient (Wildman–Crippen LogP) is 3.37. The van der Waals surface area contributed by atoms with Crippen LogP contribution in [0.1, 0.15) is 38.1 Å². The Kier molecular flexibility index (Phi) is 3.30. The molecule has 0 saturated carbocycles. The molecule has 0 aliphatic carbocycles. The molecular formula is C13H20ClN3. The largest absolute Gasteiger partial charge is 0.356 e. The Morgan fingerprint density at radius 2 is 1.94 bits per heavy atom. The van der Waals surface area contributed by atoms with E-state index in [9.17, 15) is 0 Å². The number of aromatic nitrogens is 2. The van der Waals surface area contributed by atoms with Gasteiger partial charge in [-0.3, -0.25) is 0 Å². The quantitative estimate of drug-likeness (QED) is 0.719. The van der Waals surface area contributed by atoms with Crippen molar-refractivity contribution < 1.29 is 0 Å². The van der Waals surface area contributed by atoms with Crippen LogP contribution in [-0.4, -0.2) is 23.1 Å². The maximum atomic E-state index is 6.13. The molecule has 2 heterocycles. The molecule has 1 aromatic rings. The van der Waals surface area contributed by atoms with Gasteiger partial charge in [-0.05, 0) is 32.1 Å². The fourth-order valence-electron chi connectivity index (χ4n) is 2.49. The van der Waals surface area contributed by atoms with Crippen molar-refractivity contribution in [1.82, 2.24) is 9.97 Å². The van der Waals surface area contributed by atoms with Crippen molar-refractivity contribution in [2.75, 3.05) is 18.0 Å². The lowest BCUT2D eigenvalue weighted by molar-refractivity contribution is 0.292. The Balaban J connectivity index is 2.34. The van der Waals surface area contributed by atoms with Gasteiger partial charge in [0.15, 0.2) is 0 Å². The number of halogens is 1. The van der Waals surface area contributed by atoms with Gasteiger partial charge in [-0.15, -0.1) is 0 Å². The van der Waals surface area contributed by atoms with Crippen LogP contribution in [0, 0.1) is 19.3 Å². The topological polar surface area (TPSA) is 29.0 Å². The highest BCUT2D eigenvalue weighted by molar-refractivity contribution is 6.30. The smallest absolute Gasteiger partial charge is 0.137 e. The molecular weight excluding hydrogens is 234 g/mol. The highest BCUT2D eigenvalue weighted by atomic mass is 35.5. The van der Waals surface area contributed by atoms with Crippen LogP contribution < -0.4 is 4.90 Å². The van der Waals surface area contributed by atoms with E-state index >= 15 is 0 Å². The van der Waals surface area contributed by atoms with Crippen LogP contribution in [0.3, 0.4) is 0 Å². The molecule has 17 heavy (non-hydrogen) atoms. The third-order valence-corrected chi connectivity index (χ3v) is 3.74. The van der Waals surface area contributed by atoms with E-state index in [-0.39, 0.29) is 0 Å². The first-order valence-electron chi connectivity index (χ1n) is 6.15. The molecule has 0 radical (unpaired) electrons. The third-order valence-electron chi connectivity index (χ3n) is 3.37. The van der Waals surface area contributed by atoms with E-state index < -0.39 is 0 Å². The Labute approximate surface area is 108 Å². The molecule has 1 aliphatic rings. The lowest BCUT2D eigenvalue weighted by atomic mass is 9.84. The minimum absolute atomic E-state index is 0.357. The molecule has 0 spiro atoms. The molecule has 0 bridgehead atoms. The van der Waals surface area contributed by atoms with E-state index in [1.165, 1.54) is 12.8 Å². The molecule has 1 aromatic heterocycles. The summed E-state index contributed by atoms with van der Waals surface area (Å²) >= 11 is 6.13. The summed E-state index contributed by atoms with van der Waals surface area (Å²) in [5, 5.41) is 0.580. The second kappa shape index (κ2) is 4.45. The first-order chi connectivity index (χ1) is 7.89. The Morgan fingerprint density at radius 1 is 1.24 bits per heavy atom. The van der Waals surface area contributed by atoms with E-state index in [1.54, 1.807) is 0 Å². The van der Waals surface area contributed by atoms with Crippen molar-refractivity contribution in [3.8, 4) is 0 Å². The summed E-state index contributed by atoms with van der Waals surface area (Å²) in [4.78, 5) is 11.1. The normalized spacial score (nSPS) is 19.5. The summed E-state index contributed by atoms with van der Waals surface area (Å²) < 4.78 is 0. The highest BCUT2D eigenvalue weighted by Crippen LogP contribution is 2.33. The number of aryl methyl sites for hydroxylation is 1. The van der Waals surface area contributed by atoms with Crippen molar-refractivity contribution in [3.05, 3.63) is 16.5 Å². The standard InChI is InChI=1S/C13H20ClN3/c1-9-11(14)15-10(2)16-12(9)17-7-5-6-13(3,4)8-17/h5-8H2,1-4H3. The Hall–Kier alpha value is -0.830. The van der Waals surface area contributed by atoms with Crippen LogP contribution in [0.25, 0.3) is 0 Å². The lowest BCUT2D eigenvalue weighted by Gasteiger charge is -2.39. The van der Waals surface area contributed by atoms with Crippen LogP contribution in [0.15, 0.2) is 0 Å². The molecule has 94 valence electrons. The van der Waals surface area contributed by atoms with Crippen molar-refractivity contribution in [2.24, 2.45) is 5.41 Å². The summed E-state index contributed by atoms with van der Waals surface area (Å²) in [6, 6.07) is 0. The van der Waals surface area contributed by atoms with Crippen molar-refractivity contribution in [3.63, 3.8) is 0 Å². The number of rotatable bonds is 1. The summed E-state index contributed by atoms with van der Waals surface area (Å²) in [6.45, 7) is 10.6. The van der Waals surface area contributed by atoms with E-state index in [0.29, 0.717) is 10.6 Å². The summed E-state index contributed by atoms with van der Waals surface area (Å²) in [5.74, 6) is 1.76. The average molecular weight is 254 g/mol. The first-order valence-corrected chi connectivity index (χ1v) is 6.52. The van der Waals surface area contributed by atoms with Gasteiger partial charge < -0.3 is 4.90 Å². The number of anilines is 1. The zero-order chi connectivity index (χ0) is 12.6. The van der Waals surface area contributed by atoms with Crippen molar-refractivity contribution in [2.45, 2.75) is 40.5 Å². The van der Waals surface area contributed by atoms with Gasteiger partial charge in [-0.2, -0.15) is 0 Å². The molecule has 0 N–H and O–H groups in total. The summed E-state index contributed by atoms with van der Waals surface area (Å²) in [5.41, 5.74) is 1.35. The van der Waals surface area contributed by atoms with Gasteiger partial charge in [-0.25, -0.2) is 9.97 Å². The molecule has 0 aromatic carbocycles. The highest BCUT2D eigenvalue weighted by Gasteiger charge is 2.28. The monoisotopic (exact) mass is 253 g/mol.